The van der Waals surface area contributed by atoms with Crippen LogP contribution in [0.4, 0.5) is 0 Å². The molecule has 0 saturated carbocycles. The van der Waals surface area contributed by atoms with Gasteiger partial charge in [-0.1, -0.05) is 23.2 Å². The molecule has 1 amide bonds. The van der Waals surface area contributed by atoms with Crippen LogP contribution >= 0.6 is 23.2 Å². The summed E-state index contributed by atoms with van der Waals surface area (Å²) in [6, 6.07) is 4.24. The maximum atomic E-state index is 11.4. The van der Waals surface area contributed by atoms with Crippen molar-refractivity contribution in [3.63, 3.8) is 0 Å². The average Bonchev–Trinajstić information content (AvgIpc) is 2.30. The van der Waals surface area contributed by atoms with Gasteiger partial charge in [0, 0.05) is 18.4 Å². The van der Waals surface area contributed by atoms with Gasteiger partial charge in [-0.15, -0.1) is 0 Å². The molecule has 0 aromatic heterocycles. The molecule has 17 heavy (non-hydrogen) atoms. The maximum Gasteiger partial charge on any atom is 0.220 e. The highest BCUT2D eigenvalue weighted by Gasteiger charge is 2.34. The normalized spacial score (nSPS) is 27.1. The van der Waals surface area contributed by atoms with Crippen LogP contribution in [-0.4, -0.2) is 11.9 Å². The second-order valence-electron chi connectivity index (χ2n) is 4.82. The first-order chi connectivity index (χ1) is 8.15. The van der Waals surface area contributed by atoms with E-state index in [4.69, 9.17) is 23.2 Å². The zero-order chi connectivity index (χ0) is 12.0. The van der Waals surface area contributed by atoms with Gasteiger partial charge in [0.25, 0.3) is 0 Å². The molecule has 2 atom stereocenters. The Bertz CT molecular complexity index is 487. The lowest BCUT2D eigenvalue weighted by Crippen LogP contribution is -2.45. The quantitative estimate of drug-likeness (QED) is 0.770. The Kier molecular flexibility index (Phi) is 2.80. The molecule has 0 radical (unpaired) electrons. The molecule has 1 aliphatic heterocycles. The molecule has 3 rings (SSSR count). The van der Waals surface area contributed by atoms with Gasteiger partial charge in [-0.3, -0.25) is 4.79 Å². The number of carbonyl (C=O) groups is 1. The number of benzene rings is 1. The van der Waals surface area contributed by atoms with E-state index in [-0.39, 0.29) is 11.9 Å². The molecule has 1 N–H and O–H groups in total. The van der Waals surface area contributed by atoms with Crippen molar-refractivity contribution in [3.05, 3.63) is 33.3 Å². The SMILES string of the molecule is O=C1CCC2c3cc(Cl)c(Cl)cc3CCC2N1. The van der Waals surface area contributed by atoms with Gasteiger partial charge >= 0.3 is 0 Å². The first-order valence-corrected chi connectivity index (χ1v) is 6.68. The number of amides is 1. The van der Waals surface area contributed by atoms with Crippen LogP contribution in [0.2, 0.25) is 10.0 Å². The van der Waals surface area contributed by atoms with E-state index in [2.05, 4.69) is 5.32 Å². The number of fused-ring (bicyclic) bond motifs is 3. The predicted molar refractivity (Wildman–Crippen MR) is 68.7 cm³/mol. The van der Waals surface area contributed by atoms with E-state index >= 15 is 0 Å². The van der Waals surface area contributed by atoms with E-state index in [1.807, 2.05) is 12.1 Å². The topological polar surface area (TPSA) is 29.1 Å². The molecule has 0 bridgehead atoms. The van der Waals surface area contributed by atoms with E-state index in [0.29, 0.717) is 22.4 Å². The molecule has 4 heteroatoms. The van der Waals surface area contributed by atoms with Crippen molar-refractivity contribution in [1.82, 2.24) is 5.32 Å². The highest BCUT2D eigenvalue weighted by molar-refractivity contribution is 6.42. The van der Waals surface area contributed by atoms with Crippen LogP contribution < -0.4 is 5.32 Å². The van der Waals surface area contributed by atoms with Gasteiger partial charge < -0.3 is 5.32 Å². The van der Waals surface area contributed by atoms with Crippen LogP contribution in [0.3, 0.4) is 0 Å². The molecule has 1 heterocycles. The fourth-order valence-corrected chi connectivity index (χ4v) is 3.35. The second-order valence-corrected chi connectivity index (χ2v) is 5.64. The van der Waals surface area contributed by atoms with E-state index in [0.717, 1.165) is 19.3 Å². The Labute approximate surface area is 110 Å². The fraction of sp³-hybridized carbons (Fsp3) is 0.462. The molecule has 2 aliphatic rings. The van der Waals surface area contributed by atoms with Crippen LogP contribution in [0, 0.1) is 0 Å². The summed E-state index contributed by atoms with van der Waals surface area (Å²) < 4.78 is 0. The fourth-order valence-electron chi connectivity index (χ4n) is 2.99. The second kappa shape index (κ2) is 4.18. The molecular formula is C13H13Cl2NO. The number of rotatable bonds is 0. The van der Waals surface area contributed by atoms with E-state index in [1.165, 1.54) is 11.1 Å². The number of aryl methyl sites for hydroxylation is 1. The molecule has 0 spiro atoms. The minimum Gasteiger partial charge on any atom is -0.353 e. The van der Waals surface area contributed by atoms with Crippen LogP contribution in [-0.2, 0) is 11.2 Å². The summed E-state index contributed by atoms with van der Waals surface area (Å²) in [5.41, 5.74) is 2.56. The Balaban J connectivity index is 2.01. The summed E-state index contributed by atoms with van der Waals surface area (Å²) in [7, 11) is 0. The number of hydrogen-bond donors (Lipinski definition) is 1. The molecule has 1 aliphatic carbocycles. The lowest BCUT2D eigenvalue weighted by Gasteiger charge is -2.37. The van der Waals surface area contributed by atoms with Gasteiger partial charge in [0.05, 0.1) is 10.0 Å². The summed E-state index contributed by atoms with van der Waals surface area (Å²) >= 11 is 12.1. The summed E-state index contributed by atoms with van der Waals surface area (Å²) in [4.78, 5) is 11.4. The van der Waals surface area contributed by atoms with Crippen molar-refractivity contribution >= 4 is 29.1 Å². The molecule has 2 nitrogen and oxygen atoms in total. The van der Waals surface area contributed by atoms with Gasteiger partial charge in [0.2, 0.25) is 5.91 Å². The standard InChI is InChI=1S/C13H13Cl2NO/c14-10-5-7-1-3-12-8(2-4-13(17)16-12)9(7)6-11(10)15/h5-6,8,12H,1-4H2,(H,16,17). The third-order valence-electron chi connectivity index (χ3n) is 3.82. The Morgan fingerprint density at radius 3 is 2.71 bits per heavy atom. The lowest BCUT2D eigenvalue weighted by atomic mass is 9.75. The molecular weight excluding hydrogens is 257 g/mol. The molecule has 2 unspecified atom stereocenters. The van der Waals surface area contributed by atoms with Crippen LogP contribution in [0.25, 0.3) is 0 Å². The van der Waals surface area contributed by atoms with Crippen LogP contribution in [0.1, 0.15) is 36.3 Å². The summed E-state index contributed by atoms with van der Waals surface area (Å²) in [5.74, 6) is 0.584. The lowest BCUT2D eigenvalue weighted by molar-refractivity contribution is -0.123. The number of nitrogens with one attached hydrogen (secondary N) is 1. The third-order valence-corrected chi connectivity index (χ3v) is 4.54. The smallest absolute Gasteiger partial charge is 0.220 e. The van der Waals surface area contributed by atoms with Crippen molar-refractivity contribution in [3.8, 4) is 0 Å². The summed E-state index contributed by atoms with van der Waals surface area (Å²) in [5, 5.41) is 4.32. The molecule has 1 aromatic carbocycles. The van der Waals surface area contributed by atoms with Gasteiger partial charge in [-0.2, -0.15) is 0 Å². The minimum atomic E-state index is 0.176. The van der Waals surface area contributed by atoms with Gasteiger partial charge in [0.1, 0.15) is 0 Å². The number of hydrogen-bond acceptors (Lipinski definition) is 1. The predicted octanol–water partition coefficient (Wildman–Crippen LogP) is 3.30. The Morgan fingerprint density at radius 1 is 1.12 bits per heavy atom. The van der Waals surface area contributed by atoms with E-state index in [1.54, 1.807) is 0 Å². The number of piperidine rings is 1. The van der Waals surface area contributed by atoms with Crippen molar-refractivity contribution in [2.75, 3.05) is 0 Å². The molecule has 90 valence electrons. The molecule has 1 aromatic rings. The third kappa shape index (κ3) is 1.94. The number of carbonyl (C=O) groups excluding carboxylic acids is 1. The number of halogens is 2. The molecule has 1 saturated heterocycles. The maximum absolute atomic E-state index is 11.4. The van der Waals surface area contributed by atoms with Gasteiger partial charge in [0.15, 0.2) is 0 Å². The molecule has 1 fully saturated rings. The highest BCUT2D eigenvalue weighted by atomic mass is 35.5. The summed E-state index contributed by atoms with van der Waals surface area (Å²) in [6.07, 6.45) is 3.50. The average molecular weight is 270 g/mol. The van der Waals surface area contributed by atoms with Gasteiger partial charge in [-0.05, 0) is 42.5 Å². The van der Waals surface area contributed by atoms with Crippen molar-refractivity contribution in [1.29, 1.82) is 0 Å². The first kappa shape index (κ1) is 11.4. The van der Waals surface area contributed by atoms with Crippen molar-refractivity contribution < 1.29 is 4.79 Å². The van der Waals surface area contributed by atoms with Gasteiger partial charge in [-0.25, -0.2) is 0 Å². The zero-order valence-corrected chi connectivity index (χ0v) is 10.8. The van der Waals surface area contributed by atoms with E-state index < -0.39 is 0 Å². The summed E-state index contributed by atoms with van der Waals surface area (Å²) in [6.45, 7) is 0. The monoisotopic (exact) mass is 269 g/mol. The van der Waals surface area contributed by atoms with Crippen LogP contribution in [0.15, 0.2) is 12.1 Å². The highest BCUT2D eigenvalue weighted by Crippen LogP contribution is 2.40. The minimum absolute atomic E-state index is 0.176. The van der Waals surface area contributed by atoms with E-state index in [9.17, 15) is 4.79 Å². The zero-order valence-electron chi connectivity index (χ0n) is 9.30. The van der Waals surface area contributed by atoms with Crippen molar-refractivity contribution in [2.24, 2.45) is 0 Å². The largest absolute Gasteiger partial charge is 0.353 e. The Hall–Kier alpha value is -0.730. The van der Waals surface area contributed by atoms with Crippen LogP contribution in [0.5, 0.6) is 0 Å². The van der Waals surface area contributed by atoms with Crippen molar-refractivity contribution in [2.45, 2.75) is 37.6 Å². The Morgan fingerprint density at radius 2 is 1.88 bits per heavy atom. The first-order valence-electron chi connectivity index (χ1n) is 5.92.